The molecule has 3 aromatic rings. The van der Waals surface area contributed by atoms with Gasteiger partial charge in [0.2, 0.25) is 11.8 Å². The third kappa shape index (κ3) is 7.32. The summed E-state index contributed by atoms with van der Waals surface area (Å²) in [6, 6.07) is 20.8. The SMILES string of the molecule is CCC(C)NC(=O)C(C)N(Cc1ccccc1)C(=O)CN(c1ccc(OC)c(OC)c1)S(=O)(=O)c1ccccc1. The molecule has 3 aromatic carbocycles. The summed E-state index contributed by atoms with van der Waals surface area (Å²) >= 11 is 0. The van der Waals surface area contributed by atoms with Crippen molar-refractivity contribution in [1.82, 2.24) is 10.2 Å². The summed E-state index contributed by atoms with van der Waals surface area (Å²) in [6.07, 6.45) is 0.730. The molecule has 1 N–H and O–H groups in total. The molecule has 2 unspecified atom stereocenters. The zero-order chi connectivity index (χ0) is 29.3. The van der Waals surface area contributed by atoms with Crippen LogP contribution in [0.4, 0.5) is 5.69 Å². The largest absolute Gasteiger partial charge is 0.493 e. The molecule has 0 aliphatic carbocycles. The summed E-state index contributed by atoms with van der Waals surface area (Å²) in [5, 5.41) is 2.92. The number of nitrogens with zero attached hydrogens (tertiary/aromatic N) is 2. The van der Waals surface area contributed by atoms with Crippen molar-refractivity contribution in [1.29, 1.82) is 0 Å². The van der Waals surface area contributed by atoms with Crippen LogP contribution in [0.15, 0.2) is 83.8 Å². The number of hydrogen-bond donors (Lipinski definition) is 1. The first-order valence-corrected chi connectivity index (χ1v) is 14.5. The molecule has 0 bridgehead atoms. The van der Waals surface area contributed by atoms with Gasteiger partial charge in [-0.05, 0) is 50.1 Å². The Kier molecular flexibility index (Phi) is 10.6. The molecule has 214 valence electrons. The van der Waals surface area contributed by atoms with E-state index in [0.29, 0.717) is 11.5 Å². The number of nitrogens with one attached hydrogen (secondary N) is 1. The van der Waals surface area contributed by atoms with Gasteiger partial charge in [0.1, 0.15) is 12.6 Å². The summed E-state index contributed by atoms with van der Waals surface area (Å²) in [6.45, 7) is 5.07. The number of sulfonamides is 1. The molecule has 0 aliphatic rings. The number of carbonyl (C=O) groups is 2. The van der Waals surface area contributed by atoms with Crippen LogP contribution in [0.1, 0.15) is 32.8 Å². The van der Waals surface area contributed by atoms with E-state index < -0.39 is 28.5 Å². The van der Waals surface area contributed by atoms with E-state index in [2.05, 4.69) is 5.32 Å². The summed E-state index contributed by atoms with van der Waals surface area (Å²) in [7, 11) is -1.25. The van der Waals surface area contributed by atoms with Gasteiger partial charge in [0.15, 0.2) is 11.5 Å². The second kappa shape index (κ2) is 13.8. The van der Waals surface area contributed by atoms with E-state index in [1.807, 2.05) is 44.2 Å². The van der Waals surface area contributed by atoms with Gasteiger partial charge in [-0.1, -0.05) is 55.5 Å². The van der Waals surface area contributed by atoms with Crippen molar-refractivity contribution >= 4 is 27.5 Å². The van der Waals surface area contributed by atoms with E-state index in [1.165, 1.54) is 37.3 Å². The number of rotatable bonds is 13. The summed E-state index contributed by atoms with van der Waals surface area (Å²) in [4.78, 5) is 28.5. The highest BCUT2D eigenvalue weighted by Crippen LogP contribution is 2.34. The van der Waals surface area contributed by atoms with Crippen LogP contribution in [0.5, 0.6) is 11.5 Å². The number of anilines is 1. The fraction of sp³-hybridized carbons (Fsp3) is 0.333. The van der Waals surface area contributed by atoms with Crippen molar-refractivity contribution in [2.24, 2.45) is 0 Å². The Balaban J connectivity index is 2.06. The number of hydrogen-bond acceptors (Lipinski definition) is 6. The Morgan fingerprint density at radius 1 is 0.875 bits per heavy atom. The van der Waals surface area contributed by atoms with Gasteiger partial charge in [0, 0.05) is 18.7 Å². The van der Waals surface area contributed by atoms with E-state index in [4.69, 9.17) is 9.47 Å². The molecule has 0 fully saturated rings. The lowest BCUT2D eigenvalue weighted by molar-refractivity contribution is -0.139. The van der Waals surface area contributed by atoms with Crippen LogP contribution < -0.4 is 19.1 Å². The molecule has 0 heterocycles. The topological polar surface area (TPSA) is 105 Å². The lowest BCUT2D eigenvalue weighted by atomic mass is 10.1. The molecule has 2 amide bonds. The number of carbonyl (C=O) groups excluding carboxylic acids is 2. The van der Waals surface area contributed by atoms with Gasteiger partial charge in [-0.3, -0.25) is 13.9 Å². The van der Waals surface area contributed by atoms with E-state index in [1.54, 1.807) is 37.3 Å². The molecule has 10 heteroatoms. The predicted molar refractivity (Wildman–Crippen MR) is 155 cm³/mol. The lowest BCUT2D eigenvalue weighted by Gasteiger charge is -2.32. The van der Waals surface area contributed by atoms with Gasteiger partial charge < -0.3 is 19.7 Å². The van der Waals surface area contributed by atoms with E-state index in [-0.39, 0.29) is 29.1 Å². The van der Waals surface area contributed by atoms with Gasteiger partial charge in [-0.2, -0.15) is 0 Å². The maximum Gasteiger partial charge on any atom is 0.264 e. The maximum absolute atomic E-state index is 14.0. The van der Waals surface area contributed by atoms with Gasteiger partial charge >= 0.3 is 0 Å². The standard InChI is InChI=1S/C30H37N3O6S/c1-6-22(2)31-30(35)23(3)32(20-24-13-9-7-10-14-24)29(34)21-33(40(36,37)26-15-11-8-12-16-26)25-17-18-27(38-4)28(19-25)39-5/h7-19,22-23H,6,20-21H2,1-5H3,(H,31,35). The zero-order valence-electron chi connectivity index (χ0n) is 23.5. The highest BCUT2D eigenvalue weighted by molar-refractivity contribution is 7.92. The van der Waals surface area contributed by atoms with Crippen molar-refractivity contribution in [3.8, 4) is 11.5 Å². The van der Waals surface area contributed by atoms with Crippen molar-refractivity contribution in [3.05, 3.63) is 84.4 Å². The Morgan fingerprint density at radius 3 is 2.05 bits per heavy atom. The minimum atomic E-state index is -4.18. The highest BCUT2D eigenvalue weighted by Gasteiger charge is 2.33. The molecule has 9 nitrogen and oxygen atoms in total. The molecule has 0 saturated heterocycles. The molecule has 0 aromatic heterocycles. The fourth-order valence-corrected chi connectivity index (χ4v) is 5.48. The van der Waals surface area contributed by atoms with Gasteiger partial charge in [0.25, 0.3) is 10.0 Å². The third-order valence-electron chi connectivity index (χ3n) is 6.63. The van der Waals surface area contributed by atoms with Crippen LogP contribution >= 0.6 is 0 Å². The highest BCUT2D eigenvalue weighted by atomic mass is 32.2. The molecular weight excluding hydrogens is 530 g/mol. The number of methoxy groups -OCH3 is 2. The minimum absolute atomic E-state index is 0.0229. The molecule has 40 heavy (non-hydrogen) atoms. The van der Waals surface area contributed by atoms with Crippen molar-refractivity contribution < 1.29 is 27.5 Å². The summed E-state index contributed by atoms with van der Waals surface area (Å²) in [5.74, 6) is -0.133. The zero-order valence-corrected chi connectivity index (χ0v) is 24.4. The molecule has 2 atom stereocenters. The molecular formula is C30H37N3O6S. The number of benzene rings is 3. The average Bonchev–Trinajstić information content (AvgIpc) is 2.98. The van der Waals surface area contributed by atoms with Crippen LogP contribution in [0.2, 0.25) is 0 Å². The van der Waals surface area contributed by atoms with Crippen LogP contribution in [-0.2, 0) is 26.2 Å². The second-order valence-corrected chi connectivity index (χ2v) is 11.2. The van der Waals surface area contributed by atoms with Crippen LogP contribution in [0.3, 0.4) is 0 Å². The Morgan fingerprint density at radius 2 is 1.48 bits per heavy atom. The second-order valence-electron chi connectivity index (χ2n) is 9.37. The molecule has 0 saturated carbocycles. The predicted octanol–water partition coefficient (Wildman–Crippen LogP) is 4.23. The normalized spacial score (nSPS) is 12.6. The Hall–Kier alpha value is -4.05. The van der Waals surface area contributed by atoms with E-state index >= 15 is 0 Å². The third-order valence-corrected chi connectivity index (χ3v) is 8.42. The van der Waals surface area contributed by atoms with Crippen molar-refractivity contribution in [2.45, 2.75) is 50.7 Å². The van der Waals surface area contributed by atoms with E-state index in [9.17, 15) is 18.0 Å². The minimum Gasteiger partial charge on any atom is -0.493 e. The van der Waals surface area contributed by atoms with Crippen LogP contribution in [0, 0.1) is 0 Å². The molecule has 0 spiro atoms. The Bertz CT molecular complexity index is 1380. The lowest BCUT2D eigenvalue weighted by Crippen LogP contribution is -2.52. The van der Waals surface area contributed by atoms with Gasteiger partial charge in [0.05, 0.1) is 24.8 Å². The first-order chi connectivity index (χ1) is 19.1. The van der Waals surface area contributed by atoms with Gasteiger partial charge in [-0.25, -0.2) is 8.42 Å². The summed E-state index contributed by atoms with van der Waals surface area (Å²) < 4.78 is 39.5. The molecule has 0 aliphatic heterocycles. The first-order valence-electron chi connectivity index (χ1n) is 13.1. The number of amides is 2. The van der Waals surface area contributed by atoms with E-state index in [0.717, 1.165) is 16.3 Å². The maximum atomic E-state index is 14.0. The van der Waals surface area contributed by atoms with Gasteiger partial charge in [-0.15, -0.1) is 0 Å². The first kappa shape index (κ1) is 30.5. The summed E-state index contributed by atoms with van der Waals surface area (Å²) in [5.41, 5.74) is 1.02. The monoisotopic (exact) mass is 567 g/mol. The fourth-order valence-electron chi connectivity index (χ4n) is 4.06. The number of ether oxygens (including phenoxy) is 2. The quantitative estimate of drug-likeness (QED) is 0.332. The Labute approximate surface area is 236 Å². The molecule has 3 rings (SSSR count). The van der Waals surface area contributed by atoms with Crippen molar-refractivity contribution in [3.63, 3.8) is 0 Å². The molecule has 0 radical (unpaired) electrons. The van der Waals surface area contributed by atoms with Crippen LogP contribution in [0.25, 0.3) is 0 Å². The average molecular weight is 568 g/mol. The van der Waals surface area contributed by atoms with Crippen molar-refractivity contribution in [2.75, 3.05) is 25.1 Å². The van der Waals surface area contributed by atoms with Crippen LogP contribution in [-0.4, -0.2) is 58.0 Å². The smallest absolute Gasteiger partial charge is 0.264 e.